The molecule has 0 aromatic rings. The molecule has 1 unspecified atom stereocenters. The van der Waals surface area contributed by atoms with Crippen molar-refractivity contribution in [1.82, 2.24) is 0 Å². The molecule has 0 amide bonds. The standard InChI is InChI=1S/C20H33BrO5Si/c1-9-14-12-20(17(22)24-5,18(23)25-6)13-15(14)16(21)10-11-26-27(7,8)19(2,3)4/h9,14H,1,10-13H2,2-8H3/b16-15-. The predicted octanol–water partition coefficient (Wildman–Crippen LogP) is 4.98. The molecule has 154 valence electrons. The number of methoxy groups -OCH3 is 2. The lowest BCUT2D eigenvalue weighted by atomic mass is 9.85. The van der Waals surface area contributed by atoms with Crippen LogP contribution in [0.4, 0.5) is 0 Å². The molecule has 1 aliphatic carbocycles. The van der Waals surface area contributed by atoms with E-state index in [0.717, 1.165) is 10.1 Å². The highest BCUT2D eigenvalue weighted by molar-refractivity contribution is 9.11. The predicted molar refractivity (Wildman–Crippen MR) is 113 cm³/mol. The molecule has 27 heavy (non-hydrogen) atoms. The molecule has 0 aromatic carbocycles. The van der Waals surface area contributed by atoms with Crippen LogP contribution in [0.2, 0.25) is 18.1 Å². The summed E-state index contributed by atoms with van der Waals surface area (Å²) in [6, 6.07) is 0. The quantitative estimate of drug-likeness (QED) is 0.232. The molecule has 0 aromatic heterocycles. The molecule has 1 aliphatic rings. The normalized spacial score (nSPS) is 21.6. The third-order valence-corrected chi connectivity index (χ3v) is 11.3. The number of hydrogen-bond donors (Lipinski definition) is 0. The number of hydrogen-bond acceptors (Lipinski definition) is 5. The number of esters is 2. The molecule has 0 radical (unpaired) electrons. The lowest BCUT2D eigenvalue weighted by Gasteiger charge is -2.36. The van der Waals surface area contributed by atoms with E-state index in [-0.39, 0.29) is 17.4 Å². The summed E-state index contributed by atoms with van der Waals surface area (Å²) in [6.45, 7) is 15.5. The van der Waals surface area contributed by atoms with Gasteiger partial charge in [-0.05, 0) is 35.5 Å². The van der Waals surface area contributed by atoms with Crippen molar-refractivity contribution in [3.8, 4) is 0 Å². The van der Waals surface area contributed by atoms with Gasteiger partial charge in [0, 0.05) is 18.9 Å². The smallest absolute Gasteiger partial charge is 0.323 e. The minimum Gasteiger partial charge on any atom is -0.468 e. The molecule has 5 nitrogen and oxygen atoms in total. The minimum atomic E-state index is -1.82. The number of carbonyl (C=O) groups excluding carboxylic acids is 2. The van der Waals surface area contributed by atoms with Gasteiger partial charge in [-0.15, -0.1) is 6.58 Å². The van der Waals surface area contributed by atoms with Crippen LogP contribution in [0.3, 0.4) is 0 Å². The van der Waals surface area contributed by atoms with Crippen LogP contribution in [0.1, 0.15) is 40.0 Å². The van der Waals surface area contributed by atoms with E-state index in [1.807, 2.05) is 0 Å². The van der Waals surface area contributed by atoms with E-state index >= 15 is 0 Å². The average Bonchev–Trinajstić information content (AvgIpc) is 3.00. The van der Waals surface area contributed by atoms with Gasteiger partial charge in [-0.3, -0.25) is 9.59 Å². The molecule has 0 bridgehead atoms. The van der Waals surface area contributed by atoms with Crippen LogP contribution in [0, 0.1) is 11.3 Å². The number of rotatable bonds is 7. The van der Waals surface area contributed by atoms with Crippen molar-refractivity contribution < 1.29 is 23.5 Å². The largest absolute Gasteiger partial charge is 0.468 e. The van der Waals surface area contributed by atoms with Crippen molar-refractivity contribution >= 4 is 36.2 Å². The number of carbonyl (C=O) groups is 2. The van der Waals surface area contributed by atoms with E-state index in [4.69, 9.17) is 13.9 Å². The van der Waals surface area contributed by atoms with Gasteiger partial charge < -0.3 is 13.9 Å². The van der Waals surface area contributed by atoms with Crippen molar-refractivity contribution in [2.75, 3.05) is 20.8 Å². The summed E-state index contributed by atoms with van der Waals surface area (Å²) >= 11 is 3.66. The van der Waals surface area contributed by atoms with Crippen LogP contribution in [-0.2, 0) is 23.5 Å². The Morgan fingerprint density at radius 1 is 1.26 bits per heavy atom. The number of ether oxygens (including phenoxy) is 2. The van der Waals surface area contributed by atoms with Gasteiger partial charge in [0.15, 0.2) is 13.7 Å². The first-order valence-corrected chi connectivity index (χ1v) is 12.9. The second-order valence-corrected chi connectivity index (χ2v) is 14.3. The summed E-state index contributed by atoms with van der Waals surface area (Å²) in [6.07, 6.45) is 3.04. The first-order chi connectivity index (χ1) is 12.4. The van der Waals surface area contributed by atoms with Gasteiger partial charge in [-0.2, -0.15) is 0 Å². The summed E-state index contributed by atoms with van der Waals surface area (Å²) in [7, 11) is 0.759. The first kappa shape index (κ1) is 24.1. The number of allylic oxidation sites excluding steroid dienone is 2. The minimum absolute atomic E-state index is 0.0922. The van der Waals surface area contributed by atoms with Crippen LogP contribution in [-0.4, -0.2) is 41.1 Å². The highest BCUT2D eigenvalue weighted by atomic mass is 79.9. The molecule has 1 rings (SSSR count). The highest BCUT2D eigenvalue weighted by Crippen LogP contribution is 2.50. The zero-order valence-corrected chi connectivity index (χ0v) is 20.2. The lowest BCUT2D eigenvalue weighted by molar-refractivity contribution is -0.168. The van der Waals surface area contributed by atoms with Crippen LogP contribution in [0.5, 0.6) is 0 Å². The first-order valence-electron chi connectivity index (χ1n) is 9.17. The van der Waals surface area contributed by atoms with Gasteiger partial charge in [0.05, 0.1) is 14.2 Å². The van der Waals surface area contributed by atoms with Gasteiger partial charge in [-0.25, -0.2) is 0 Å². The Bertz CT molecular complexity index is 602. The topological polar surface area (TPSA) is 61.8 Å². The van der Waals surface area contributed by atoms with E-state index in [1.54, 1.807) is 6.08 Å². The molecular formula is C20H33BrO5Si. The molecule has 0 aliphatic heterocycles. The second kappa shape index (κ2) is 9.05. The van der Waals surface area contributed by atoms with Gasteiger partial charge in [-0.1, -0.05) is 48.4 Å². The summed E-state index contributed by atoms with van der Waals surface area (Å²) in [5, 5.41) is 0.147. The van der Waals surface area contributed by atoms with Gasteiger partial charge in [0.1, 0.15) is 0 Å². The molecule has 0 heterocycles. The molecule has 1 atom stereocenters. The lowest BCUT2D eigenvalue weighted by Crippen LogP contribution is -2.41. The Morgan fingerprint density at radius 2 is 1.78 bits per heavy atom. The van der Waals surface area contributed by atoms with Gasteiger partial charge in [0.25, 0.3) is 0 Å². The van der Waals surface area contributed by atoms with Crippen molar-refractivity contribution in [3.05, 3.63) is 22.7 Å². The second-order valence-electron chi connectivity index (χ2n) is 8.58. The Balaban J connectivity index is 3.03. The summed E-state index contributed by atoms with van der Waals surface area (Å²) in [5.41, 5.74) is -0.323. The summed E-state index contributed by atoms with van der Waals surface area (Å²) in [5.74, 6) is -1.21. The monoisotopic (exact) mass is 460 g/mol. The van der Waals surface area contributed by atoms with Crippen molar-refractivity contribution in [2.45, 2.75) is 58.2 Å². The third-order valence-electron chi connectivity index (χ3n) is 5.88. The molecule has 0 spiro atoms. The molecule has 1 saturated carbocycles. The Hall–Kier alpha value is -0.923. The zero-order chi connectivity index (χ0) is 21.0. The maximum absolute atomic E-state index is 12.4. The zero-order valence-electron chi connectivity index (χ0n) is 17.6. The van der Waals surface area contributed by atoms with E-state index in [1.165, 1.54) is 14.2 Å². The summed E-state index contributed by atoms with van der Waals surface area (Å²) < 4.78 is 17.0. The van der Waals surface area contributed by atoms with E-state index in [0.29, 0.717) is 19.4 Å². The number of halogens is 1. The van der Waals surface area contributed by atoms with Crippen molar-refractivity contribution in [2.24, 2.45) is 11.3 Å². The molecule has 7 heteroatoms. The SMILES string of the molecule is C=CC1CC(C(=O)OC)(C(=O)OC)C/C1=C(/Br)CCO[Si](C)(C)C(C)(C)C. The van der Waals surface area contributed by atoms with E-state index < -0.39 is 25.7 Å². The van der Waals surface area contributed by atoms with Gasteiger partial charge in [0.2, 0.25) is 0 Å². The highest BCUT2D eigenvalue weighted by Gasteiger charge is 2.55. The van der Waals surface area contributed by atoms with Crippen LogP contribution in [0.15, 0.2) is 22.7 Å². The van der Waals surface area contributed by atoms with Crippen LogP contribution in [0.25, 0.3) is 0 Å². The van der Waals surface area contributed by atoms with E-state index in [2.05, 4.69) is 56.4 Å². The van der Waals surface area contributed by atoms with Gasteiger partial charge >= 0.3 is 11.9 Å². The fourth-order valence-corrected chi connectivity index (χ4v) is 4.75. The van der Waals surface area contributed by atoms with Crippen molar-refractivity contribution in [1.29, 1.82) is 0 Å². The van der Waals surface area contributed by atoms with Crippen LogP contribution < -0.4 is 0 Å². The van der Waals surface area contributed by atoms with Crippen LogP contribution >= 0.6 is 15.9 Å². The third kappa shape index (κ3) is 5.12. The maximum atomic E-state index is 12.4. The van der Waals surface area contributed by atoms with Crippen molar-refractivity contribution in [3.63, 3.8) is 0 Å². The molecule has 0 N–H and O–H groups in total. The Labute approximate surface area is 172 Å². The average molecular weight is 461 g/mol. The molecular weight excluding hydrogens is 428 g/mol. The molecule has 1 fully saturated rings. The molecule has 0 saturated heterocycles. The fraction of sp³-hybridized carbons (Fsp3) is 0.700. The Morgan fingerprint density at radius 3 is 2.19 bits per heavy atom. The summed E-state index contributed by atoms with van der Waals surface area (Å²) in [4.78, 5) is 24.8. The Kier molecular flexibility index (Phi) is 8.08. The maximum Gasteiger partial charge on any atom is 0.323 e. The van der Waals surface area contributed by atoms with E-state index in [9.17, 15) is 9.59 Å². The fourth-order valence-electron chi connectivity index (χ4n) is 3.11.